The molecule has 2 heterocycles. The van der Waals surface area contributed by atoms with Crippen molar-refractivity contribution >= 4 is 5.69 Å². The molecule has 0 N–H and O–H groups in total. The first-order chi connectivity index (χ1) is 17.1. The molecule has 0 aliphatic carbocycles. The first-order valence-electron chi connectivity index (χ1n) is 12.2. The largest absolute Gasteiger partial charge is 0.508 e. The number of para-hydroxylation sites is 1. The number of benzene rings is 3. The summed E-state index contributed by atoms with van der Waals surface area (Å²) >= 11 is 0. The molecular weight excluding hydrogens is 625 g/mol. The van der Waals surface area contributed by atoms with Gasteiger partial charge in [0.2, 0.25) is 0 Å². The van der Waals surface area contributed by atoms with E-state index in [1.54, 1.807) is 0 Å². The summed E-state index contributed by atoms with van der Waals surface area (Å²) < 4.78 is 6.42. The Morgan fingerprint density at radius 2 is 1.67 bits per heavy atom. The fourth-order valence-electron chi connectivity index (χ4n) is 4.69. The predicted molar refractivity (Wildman–Crippen MR) is 141 cm³/mol. The summed E-state index contributed by atoms with van der Waals surface area (Å²) in [6.45, 7) is 9.48. The van der Waals surface area contributed by atoms with E-state index in [1.165, 1.54) is 16.7 Å². The van der Waals surface area contributed by atoms with Gasteiger partial charge in [0, 0.05) is 38.7 Å². The molecule has 0 fully saturated rings. The zero-order valence-electron chi connectivity index (χ0n) is 20.9. The van der Waals surface area contributed by atoms with Crippen molar-refractivity contribution in [2.45, 2.75) is 40.0 Å². The molecule has 0 bridgehead atoms. The Hall–Kier alpha value is -3.10. The predicted octanol–water partition coefficient (Wildman–Crippen LogP) is 7.27. The minimum Gasteiger partial charge on any atom is -0.508 e. The monoisotopic (exact) mass is 655 g/mol. The molecular formula is C31H30N3OPt-3. The Balaban J connectivity index is 0.00000304. The van der Waals surface area contributed by atoms with Crippen LogP contribution in [0.4, 0.5) is 5.69 Å². The van der Waals surface area contributed by atoms with Crippen LogP contribution in [0, 0.1) is 39.6 Å². The maximum Gasteiger partial charge on any atom is 0.185 e. The van der Waals surface area contributed by atoms with Crippen molar-refractivity contribution in [3.8, 4) is 22.6 Å². The molecule has 4 aromatic rings. The minimum absolute atomic E-state index is 0. The van der Waals surface area contributed by atoms with Crippen molar-refractivity contribution < 1.29 is 25.5 Å². The van der Waals surface area contributed by atoms with Gasteiger partial charge in [-0.05, 0) is 63.7 Å². The third-order valence-electron chi connectivity index (χ3n) is 6.26. The second kappa shape index (κ2) is 11.8. The summed E-state index contributed by atoms with van der Waals surface area (Å²) in [7, 11) is 0. The summed E-state index contributed by atoms with van der Waals surface area (Å²) in [5, 5.41) is 0. The van der Waals surface area contributed by atoms with Crippen molar-refractivity contribution in [3.63, 3.8) is 0 Å². The smallest absolute Gasteiger partial charge is 0.185 e. The summed E-state index contributed by atoms with van der Waals surface area (Å²) in [5.74, 6) is 1.64. The molecule has 1 aromatic heterocycles. The molecule has 1 aliphatic heterocycles. The molecule has 5 rings (SSSR count). The molecule has 0 amide bonds. The van der Waals surface area contributed by atoms with Gasteiger partial charge in [0.05, 0.1) is 0 Å². The van der Waals surface area contributed by atoms with Gasteiger partial charge in [0.1, 0.15) is 5.76 Å². The number of aromatic nitrogens is 1. The Bertz CT molecular complexity index is 1290. The third-order valence-corrected chi connectivity index (χ3v) is 6.26. The Morgan fingerprint density at radius 3 is 2.36 bits per heavy atom. The number of aryl methyl sites for hydroxylation is 4. The van der Waals surface area contributed by atoms with E-state index in [2.05, 4.69) is 86.0 Å². The molecule has 0 saturated carbocycles. The van der Waals surface area contributed by atoms with Crippen LogP contribution in [0.3, 0.4) is 0 Å². The number of hydrogen-bond donors (Lipinski definition) is 0. The molecule has 4 nitrogen and oxygen atoms in total. The van der Waals surface area contributed by atoms with Crippen LogP contribution in [-0.2, 0) is 27.5 Å². The van der Waals surface area contributed by atoms with Gasteiger partial charge in [-0.1, -0.05) is 17.7 Å². The van der Waals surface area contributed by atoms with Crippen LogP contribution in [0.25, 0.3) is 22.6 Å². The van der Waals surface area contributed by atoms with Crippen LogP contribution >= 0.6 is 0 Å². The summed E-state index contributed by atoms with van der Waals surface area (Å²) in [5.41, 5.74) is 7.69. The van der Waals surface area contributed by atoms with Crippen LogP contribution < -0.4 is 4.90 Å². The summed E-state index contributed by atoms with van der Waals surface area (Å²) in [4.78, 5) is 9.24. The number of oxazole rings is 1. The Kier molecular flexibility index (Phi) is 8.48. The SMILES string of the molecule is Cc1cc(C)c(-c2oc(CCCCN3C=CN(c4[c-]cccc4)[CH-]3)nc2-c2[c-]cccc2)c(C)c1.[Pt]. The number of hydrogen-bond acceptors (Lipinski definition) is 4. The molecule has 36 heavy (non-hydrogen) atoms. The van der Waals surface area contributed by atoms with Gasteiger partial charge >= 0.3 is 0 Å². The van der Waals surface area contributed by atoms with Gasteiger partial charge in [-0.15, -0.1) is 41.6 Å². The minimum atomic E-state index is 0. The van der Waals surface area contributed by atoms with Gasteiger partial charge < -0.3 is 14.2 Å². The molecule has 0 atom stereocenters. The first kappa shape index (κ1) is 26.0. The quantitative estimate of drug-likeness (QED) is 0.148. The summed E-state index contributed by atoms with van der Waals surface area (Å²) in [6.07, 6.45) is 7.02. The van der Waals surface area contributed by atoms with Crippen molar-refractivity contribution in [3.05, 3.63) is 114 Å². The Morgan fingerprint density at radius 1 is 0.917 bits per heavy atom. The standard InChI is InChI=1S/C31H30N3O.Pt/c1-23-20-24(2)29(25(3)21-23)31-30(26-12-6-4-7-13-26)32-28(35-31)16-10-11-17-33-18-19-34(22-33)27-14-8-5-9-15-27;/h4-9,12,14,18-22H,10-11,16-17H2,1-3H3;/q-3;. The van der Waals surface area contributed by atoms with Crippen LogP contribution in [0.1, 0.15) is 35.4 Å². The first-order valence-corrected chi connectivity index (χ1v) is 12.2. The summed E-state index contributed by atoms with van der Waals surface area (Å²) in [6, 6.07) is 27.0. The fraction of sp³-hybridized carbons (Fsp3) is 0.226. The van der Waals surface area contributed by atoms with E-state index in [-0.39, 0.29) is 21.1 Å². The molecule has 1 aliphatic rings. The van der Waals surface area contributed by atoms with E-state index in [0.717, 1.165) is 60.0 Å². The van der Waals surface area contributed by atoms with Crippen LogP contribution in [-0.4, -0.2) is 16.4 Å². The molecule has 5 heteroatoms. The van der Waals surface area contributed by atoms with Crippen molar-refractivity contribution in [2.24, 2.45) is 0 Å². The maximum absolute atomic E-state index is 6.42. The van der Waals surface area contributed by atoms with Crippen LogP contribution in [0.5, 0.6) is 0 Å². The van der Waals surface area contributed by atoms with E-state index in [0.29, 0.717) is 0 Å². The van der Waals surface area contributed by atoms with E-state index in [4.69, 9.17) is 9.40 Å². The van der Waals surface area contributed by atoms with Crippen molar-refractivity contribution in [1.82, 2.24) is 9.88 Å². The number of rotatable bonds is 8. The van der Waals surface area contributed by atoms with Gasteiger partial charge in [-0.25, -0.2) is 0 Å². The van der Waals surface area contributed by atoms with E-state index in [1.807, 2.05) is 36.4 Å². The van der Waals surface area contributed by atoms with Crippen LogP contribution in [0.15, 0.2) is 77.5 Å². The van der Waals surface area contributed by atoms with Gasteiger partial charge in [0.25, 0.3) is 0 Å². The molecule has 0 unspecified atom stereocenters. The number of unbranched alkanes of at least 4 members (excludes halogenated alkanes) is 1. The molecule has 188 valence electrons. The maximum atomic E-state index is 6.42. The van der Waals surface area contributed by atoms with E-state index >= 15 is 0 Å². The average Bonchev–Trinajstić information content (AvgIpc) is 3.50. The fourth-order valence-corrected chi connectivity index (χ4v) is 4.69. The zero-order chi connectivity index (χ0) is 24.2. The van der Waals surface area contributed by atoms with Crippen molar-refractivity contribution in [1.29, 1.82) is 0 Å². The van der Waals surface area contributed by atoms with Gasteiger partial charge in [0.15, 0.2) is 5.89 Å². The van der Waals surface area contributed by atoms with Gasteiger partial charge in [-0.2, -0.15) is 37.0 Å². The molecule has 0 spiro atoms. The molecule has 3 aromatic carbocycles. The number of nitrogens with zero attached hydrogens (tertiary/aromatic N) is 3. The second-order valence-electron chi connectivity index (χ2n) is 9.10. The van der Waals surface area contributed by atoms with Crippen LogP contribution in [0.2, 0.25) is 0 Å². The van der Waals surface area contributed by atoms with Gasteiger partial charge in [-0.3, -0.25) is 4.98 Å². The average molecular weight is 656 g/mol. The van der Waals surface area contributed by atoms with Crippen molar-refractivity contribution in [2.75, 3.05) is 11.4 Å². The zero-order valence-corrected chi connectivity index (χ0v) is 23.2. The normalized spacial score (nSPS) is 12.8. The second-order valence-corrected chi connectivity index (χ2v) is 9.10. The third kappa shape index (κ3) is 5.82. The molecule has 0 radical (unpaired) electrons. The molecule has 0 saturated heterocycles. The van der Waals surface area contributed by atoms with E-state index < -0.39 is 0 Å². The Labute approximate surface area is 228 Å². The topological polar surface area (TPSA) is 32.5 Å². The number of anilines is 1. The van der Waals surface area contributed by atoms with E-state index in [9.17, 15) is 0 Å².